The number of halogens is 6. The van der Waals surface area contributed by atoms with Gasteiger partial charge in [-0.2, -0.15) is 28.1 Å². The number of anilines is 3. The molecular formula is C19H20F6N6O2. The molecule has 14 heteroatoms. The van der Waals surface area contributed by atoms with Crippen LogP contribution in [0.3, 0.4) is 0 Å². The van der Waals surface area contributed by atoms with Crippen molar-refractivity contribution in [1.29, 1.82) is 0 Å². The molecule has 0 saturated carbocycles. The van der Waals surface area contributed by atoms with Gasteiger partial charge < -0.3 is 10.4 Å². The Morgan fingerprint density at radius 3 is 2.42 bits per heavy atom. The number of rotatable bonds is 5. The van der Waals surface area contributed by atoms with Crippen LogP contribution >= 0.6 is 0 Å². The van der Waals surface area contributed by atoms with Gasteiger partial charge in [0.25, 0.3) is 11.9 Å². The molecule has 2 aromatic rings. The summed E-state index contributed by atoms with van der Waals surface area (Å²) in [5.74, 6) is -6.16. The van der Waals surface area contributed by atoms with Crippen molar-refractivity contribution in [2.24, 2.45) is 0 Å². The van der Waals surface area contributed by atoms with Gasteiger partial charge in [0, 0.05) is 23.9 Å². The van der Waals surface area contributed by atoms with Gasteiger partial charge in [0.15, 0.2) is 11.9 Å². The second-order valence-corrected chi connectivity index (χ2v) is 8.17. The highest BCUT2D eigenvalue weighted by Crippen LogP contribution is 2.41. The zero-order chi connectivity index (χ0) is 24.6. The van der Waals surface area contributed by atoms with Crippen molar-refractivity contribution >= 4 is 23.2 Å². The lowest BCUT2D eigenvalue weighted by Gasteiger charge is -2.27. The molecule has 1 aliphatic carbocycles. The van der Waals surface area contributed by atoms with E-state index in [0.717, 1.165) is 6.20 Å². The first-order chi connectivity index (χ1) is 15.2. The molecule has 2 aromatic heterocycles. The van der Waals surface area contributed by atoms with Gasteiger partial charge in [-0.25, -0.2) is 18.7 Å². The summed E-state index contributed by atoms with van der Waals surface area (Å²) in [5.41, 5.74) is 0.0370. The van der Waals surface area contributed by atoms with Crippen LogP contribution in [0.2, 0.25) is 0 Å². The molecule has 33 heavy (non-hydrogen) atoms. The third kappa shape index (κ3) is 6.07. The number of hydrogen-bond donors (Lipinski definition) is 3. The smallest absolute Gasteiger partial charge is 0.380 e. The van der Waals surface area contributed by atoms with Gasteiger partial charge in [-0.3, -0.25) is 9.82 Å². The van der Waals surface area contributed by atoms with Gasteiger partial charge >= 0.3 is 6.18 Å². The summed E-state index contributed by atoms with van der Waals surface area (Å²) >= 11 is 0. The molecule has 8 nitrogen and oxygen atoms in total. The summed E-state index contributed by atoms with van der Waals surface area (Å²) < 4.78 is 80.6. The standard InChI is InChI=1S/C19H20F6N6O2/c1-17(2,3)33-31-16-29-14(10-4-6-18(21,22)13(32)12(10)20)28-15(30-16)27-9-5-7-26-11(8-9)19(23,24)25/h5,7-8,13,32H,4,6H2,1-3H3,(H2,26,27,28,29,30,31). The molecule has 2 heterocycles. The lowest BCUT2D eigenvalue weighted by molar-refractivity contribution is -0.141. The van der Waals surface area contributed by atoms with E-state index in [1.54, 1.807) is 20.8 Å². The maximum Gasteiger partial charge on any atom is 0.433 e. The molecule has 1 aliphatic rings. The molecule has 0 spiro atoms. The number of alkyl halides is 5. The molecule has 0 amide bonds. The summed E-state index contributed by atoms with van der Waals surface area (Å²) in [7, 11) is 0. The summed E-state index contributed by atoms with van der Waals surface area (Å²) in [4.78, 5) is 20.4. The zero-order valence-corrected chi connectivity index (χ0v) is 17.6. The van der Waals surface area contributed by atoms with E-state index in [4.69, 9.17) is 4.84 Å². The quantitative estimate of drug-likeness (QED) is 0.422. The first kappa shape index (κ1) is 24.6. The second kappa shape index (κ2) is 8.74. The van der Waals surface area contributed by atoms with Crippen LogP contribution in [0.4, 0.5) is 43.9 Å². The molecule has 0 aromatic carbocycles. The lowest BCUT2D eigenvalue weighted by atomic mass is 9.92. The fourth-order valence-corrected chi connectivity index (χ4v) is 2.72. The van der Waals surface area contributed by atoms with Crippen LogP contribution in [0.1, 0.15) is 45.1 Å². The molecule has 0 bridgehead atoms. The van der Waals surface area contributed by atoms with E-state index in [9.17, 15) is 31.4 Å². The summed E-state index contributed by atoms with van der Waals surface area (Å²) in [6.45, 7) is 5.08. The molecule has 0 radical (unpaired) electrons. The number of aliphatic hydroxyl groups excluding tert-OH is 1. The SMILES string of the molecule is CC(C)(C)ONc1nc(Nc2ccnc(C(F)(F)F)c2)nc(C2=C(F)C(O)C(F)(F)CC2)n1. The number of aliphatic hydroxyl groups is 1. The van der Waals surface area contributed by atoms with E-state index in [-0.39, 0.29) is 23.2 Å². The topological polar surface area (TPSA) is 105 Å². The number of pyridine rings is 1. The molecule has 180 valence electrons. The van der Waals surface area contributed by atoms with Crippen molar-refractivity contribution < 1.29 is 36.3 Å². The molecule has 0 fully saturated rings. The predicted octanol–water partition coefficient (Wildman–Crippen LogP) is 4.64. The van der Waals surface area contributed by atoms with Gasteiger partial charge in [0.2, 0.25) is 5.95 Å². The van der Waals surface area contributed by atoms with Crippen LogP contribution in [0.5, 0.6) is 0 Å². The number of nitrogens with one attached hydrogen (secondary N) is 2. The third-order valence-electron chi connectivity index (χ3n) is 4.30. The molecule has 3 rings (SSSR count). The Morgan fingerprint density at radius 1 is 1.12 bits per heavy atom. The van der Waals surface area contributed by atoms with Gasteiger partial charge in [0.05, 0.1) is 5.60 Å². The van der Waals surface area contributed by atoms with Crippen molar-refractivity contribution in [3.8, 4) is 0 Å². The minimum atomic E-state index is -4.70. The molecule has 1 atom stereocenters. The van der Waals surface area contributed by atoms with Gasteiger partial charge in [-0.05, 0) is 39.3 Å². The lowest BCUT2D eigenvalue weighted by Crippen LogP contribution is -2.37. The predicted molar refractivity (Wildman–Crippen MR) is 105 cm³/mol. The van der Waals surface area contributed by atoms with E-state index in [0.29, 0.717) is 6.07 Å². The molecule has 0 aliphatic heterocycles. The van der Waals surface area contributed by atoms with E-state index in [1.807, 2.05) is 0 Å². The molecular weight excluding hydrogens is 458 g/mol. The van der Waals surface area contributed by atoms with Gasteiger partial charge in [-0.15, -0.1) is 0 Å². The molecule has 1 unspecified atom stereocenters. The van der Waals surface area contributed by atoms with Crippen LogP contribution in [-0.2, 0) is 11.0 Å². The van der Waals surface area contributed by atoms with Crippen molar-refractivity contribution in [2.45, 2.75) is 57.4 Å². The third-order valence-corrected chi connectivity index (χ3v) is 4.30. The van der Waals surface area contributed by atoms with E-state index in [1.165, 1.54) is 6.07 Å². The fourth-order valence-electron chi connectivity index (χ4n) is 2.72. The Balaban J connectivity index is 2.01. The molecule has 3 N–H and O–H groups in total. The number of allylic oxidation sites excluding steroid dienone is 1. The minimum Gasteiger partial charge on any atom is -0.380 e. The monoisotopic (exact) mass is 478 g/mol. The number of nitrogens with zero attached hydrogens (tertiary/aromatic N) is 4. The molecule has 0 saturated heterocycles. The second-order valence-electron chi connectivity index (χ2n) is 8.17. The van der Waals surface area contributed by atoms with Crippen LogP contribution in [0.25, 0.3) is 5.57 Å². The number of hydrogen-bond acceptors (Lipinski definition) is 8. The zero-order valence-electron chi connectivity index (χ0n) is 17.6. The first-order valence-electron chi connectivity index (χ1n) is 9.61. The highest BCUT2D eigenvalue weighted by molar-refractivity contribution is 5.66. The van der Waals surface area contributed by atoms with Gasteiger partial charge in [-0.1, -0.05) is 0 Å². The van der Waals surface area contributed by atoms with E-state index >= 15 is 0 Å². The van der Waals surface area contributed by atoms with E-state index < -0.39 is 54.0 Å². The van der Waals surface area contributed by atoms with Crippen LogP contribution in [0, 0.1) is 0 Å². The average Bonchev–Trinajstić information content (AvgIpc) is 2.70. The maximum absolute atomic E-state index is 14.5. The number of aromatic nitrogens is 4. The van der Waals surface area contributed by atoms with Crippen molar-refractivity contribution in [2.75, 3.05) is 10.8 Å². The minimum absolute atomic E-state index is 0.0955. The maximum atomic E-state index is 14.5. The Labute approximate surface area is 184 Å². The average molecular weight is 478 g/mol. The van der Waals surface area contributed by atoms with Crippen molar-refractivity contribution in [1.82, 2.24) is 19.9 Å². The van der Waals surface area contributed by atoms with E-state index in [2.05, 4.69) is 30.7 Å². The highest BCUT2D eigenvalue weighted by Gasteiger charge is 2.46. The fraction of sp³-hybridized carbons (Fsp3) is 0.474. The van der Waals surface area contributed by atoms with Crippen LogP contribution in [0.15, 0.2) is 24.2 Å². The van der Waals surface area contributed by atoms with Gasteiger partial charge in [0.1, 0.15) is 11.5 Å². The Morgan fingerprint density at radius 2 is 1.79 bits per heavy atom. The first-order valence-corrected chi connectivity index (χ1v) is 9.61. The highest BCUT2D eigenvalue weighted by atomic mass is 19.4. The normalized spacial score (nSPS) is 18.9. The van der Waals surface area contributed by atoms with Crippen LogP contribution in [-0.4, -0.2) is 42.7 Å². The van der Waals surface area contributed by atoms with Crippen molar-refractivity contribution in [3.05, 3.63) is 35.7 Å². The summed E-state index contributed by atoms with van der Waals surface area (Å²) in [5, 5.41) is 12.1. The Kier molecular flexibility index (Phi) is 6.53. The van der Waals surface area contributed by atoms with Crippen molar-refractivity contribution in [3.63, 3.8) is 0 Å². The summed E-state index contributed by atoms with van der Waals surface area (Å²) in [6, 6.07) is 1.91. The largest absolute Gasteiger partial charge is 0.433 e. The Bertz CT molecular complexity index is 1050. The van der Waals surface area contributed by atoms with Crippen LogP contribution < -0.4 is 10.8 Å². The summed E-state index contributed by atoms with van der Waals surface area (Å²) in [6.07, 6.45) is -7.81. The Hall–Kier alpha value is -3.00.